The van der Waals surface area contributed by atoms with Crippen molar-refractivity contribution in [1.82, 2.24) is 15.1 Å². The number of carboxylic acid groups (broad SMARTS) is 1. The van der Waals surface area contributed by atoms with Gasteiger partial charge in [-0.05, 0) is 44.4 Å². The molecule has 25 heavy (non-hydrogen) atoms. The predicted octanol–water partition coefficient (Wildman–Crippen LogP) is 3.03. The summed E-state index contributed by atoms with van der Waals surface area (Å²) < 4.78 is 1.75. The van der Waals surface area contributed by atoms with E-state index in [-0.39, 0.29) is 12.5 Å². The number of nitrogens with zero attached hydrogens (tertiary/aromatic N) is 2. The fourth-order valence-corrected chi connectivity index (χ4v) is 2.80. The van der Waals surface area contributed by atoms with Gasteiger partial charge in [0, 0.05) is 6.54 Å². The molecular weight excluding hydrogens is 318 g/mol. The molecule has 1 aromatic carbocycles. The molecule has 1 atom stereocenters. The minimum Gasteiger partial charge on any atom is -0.481 e. The Balaban J connectivity index is 2.19. The van der Waals surface area contributed by atoms with Crippen LogP contribution in [0.2, 0.25) is 0 Å². The van der Waals surface area contributed by atoms with E-state index in [1.165, 1.54) is 6.20 Å². The minimum atomic E-state index is -0.884. The monoisotopic (exact) mass is 343 g/mol. The molecule has 0 bridgehead atoms. The summed E-state index contributed by atoms with van der Waals surface area (Å²) >= 11 is 0. The van der Waals surface area contributed by atoms with Crippen molar-refractivity contribution < 1.29 is 14.7 Å². The number of benzene rings is 1. The van der Waals surface area contributed by atoms with Crippen LogP contribution in [0.5, 0.6) is 0 Å². The van der Waals surface area contributed by atoms with Crippen LogP contribution >= 0.6 is 0 Å². The molecule has 1 unspecified atom stereocenters. The number of carboxylic acids is 1. The number of aromatic nitrogens is 2. The van der Waals surface area contributed by atoms with Gasteiger partial charge in [-0.1, -0.05) is 25.5 Å². The Morgan fingerprint density at radius 2 is 2.00 bits per heavy atom. The second-order valence-corrected chi connectivity index (χ2v) is 6.38. The largest absolute Gasteiger partial charge is 0.481 e. The topological polar surface area (TPSA) is 84.2 Å². The number of carbonyl (C=O) groups is 2. The lowest BCUT2D eigenvalue weighted by Gasteiger charge is -2.13. The molecule has 2 N–H and O–H groups in total. The van der Waals surface area contributed by atoms with Gasteiger partial charge in [-0.3, -0.25) is 9.59 Å². The molecule has 1 amide bonds. The zero-order valence-corrected chi connectivity index (χ0v) is 15.2. The smallest absolute Gasteiger partial charge is 0.308 e. The van der Waals surface area contributed by atoms with Gasteiger partial charge >= 0.3 is 5.97 Å². The molecule has 6 heteroatoms. The molecule has 1 aromatic heterocycles. The van der Waals surface area contributed by atoms with Crippen molar-refractivity contribution in [2.45, 2.75) is 40.5 Å². The number of hydrogen-bond acceptors (Lipinski definition) is 3. The maximum Gasteiger partial charge on any atom is 0.308 e. The number of hydrogen-bond donors (Lipinski definition) is 2. The zero-order valence-electron chi connectivity index (χ0n) is 15.2. The van der Waals surface area contributed by atoms with Crippen molar-refractivity contribution in [3.63, 3.8) is 0 Å². The number of aryl methyl sites for hydroxylation is 2. The highest BCUT2D eigenvalue weighted by Crippen LogP contribution is 2.19. The summed E-state index contributed by atoms with van der Waals surface area (Å²) in [4.78, 5) is 23.6. The molecule has 0 aliphatic heterocycles. The van der Waals surface area contributed by atoms with Crippen LogP contribution in [-0.4, -0.2) is 33.3 Å². The summed E-state index contributed by atoms with van der Waals surface area (Å²) in [5, 5.41) is 16.3. The average molecular weight is 343 g/mol. The van der Waals surface area contributed by atoms with Crippen LogP contribution in [0.15, 0.2) is 24.4 Å². The Kier molecular flexibility index (Phi) is 5.96. The van der Waals surface area contributed by atoms with Gasteiger partial charge < -0.3 is 10.4 Å². The number of rotatable bonds is 7. The third-order valence-electron chi connectivity index (χ3n) is 4.34. The van der Waals surface area contributed by atoms with Crippen molar-refractivity contribution in [2.24, 2.45) is 5.92 Å². The molecule has 134 valence electrons. The van der Waals surface area contributed by atoms with Crippen LogP contribution in [-0.2, 0) is 4.79 Å². The molecular formula is C19H25N3O3. The summed E-state index contributed by atoms with van der Waals surface area (Å²) in [5.41, 5.74) is 4.31. The second-order valence-electron chi connectivity index (χ2n) is 6.38. The number of amides is 1. The first-order valence-corrected chi connectivity index (χ1v) is 8.48. The molecule has 1 heterocycles. The third-order valence-corrected chi connectivity index (χ3v) is 4.34. The summed E-state index contributed by atoms with van der Waals surface area (Å²) in [6, 6.07) is 6.08. The normalized spacial score (nSPS) is 12.0. The second kappa shape index (κ2) is 7.96. The van der Waals surface area contributed by atoms with E-state index in [1.807, 2.05) is 45.9 Å². The highest BCUT2D eigenvalue weighted by atomic mass is 16.4. The summed E-state index contributed by atoms with van der Waals surface area (Å²) in [6.45, 7) is 7.89. The first kappa shape index (κ1) is 18.7. The number of nitrogens with one attached hydrogen (secondary N) is 1. The zero-order chi connectivity index (χ0) is 18.6. The molecule has 0 spiro atoms. The average Bonchev–Trinajstić information content (AvgIpc) is 2.94. The lowest BCUT2D eigenvalue weighted by Crippen LogP contribution is -2.33. The fourth-order valence-electron chi connectivity index (χ4n) is 2.80. The molecule has 2 aromatic rings. The molecule has 0 aliphatic carbocycles. The standard InChI is InChI=1S/C19H25N3O3/c1-5-6-15(19(24)25)10-20-18(23)16-11-21-22(14(16)4)17-9-12(2)7-8-13(17)3/h7-9,11,15H,5-6,10H2,1-4H3,(H,20,23)(H,24,25). The van der Waals surface area contributed by atoms with Gasteiger partial charge in [0.1, 0.15) is 0 Å². The molecule has 0 radical (unpaired) electrons. The Labute approximate surface area is 147 Å². The molecule has 0 aliphatic rings. The SMILES string of the molecule is CCCC(CNC(=O)c1cnn(-c2cc(C)ccc2C)c1C)C(=O)O. The van der Waals surface area contributed by atoms with Gasteiger partial charge in [-0.15, -0.1) is 0 Å². The van der Waals surface area contributed by atoms with Crippen molar-refractivity contribution in [2.75, 3.05) is 6.54 Å². The molecule has 0 saturated heterocycles. The van der Waals surface area contributed by atoms with E-state index in [1.54, 1.807) is 4.68 Å². The Morgan fingerprint density at radius 3 is 2.64 bits per heavy atom. The van der Waals surface area contributed by atoms with Gasteiger partial charge in [0.25, 0.3) is 5.91 Å². The van der Waals surface area contributed by atoms with E-state index in [9.17, 15) is 14.7 Å². The molecule has 2 rings (SSSR count). The van der Waals surface area contributed by atoms with E-state index >= 15 is 0 Å². The number of aliphatic carboxylic acids is 1. The van der Waals surface area contributed by atoms with Crippen molar-refractivity contribution >= 4 is 11.9 Å². The highest BCUT2D eigenvalue weighted by molar-refractivity contribution is 5.95. The molecule has 0 saturated carbocycles. The van der Waals surface area contributed by atoms with E-state index < -0.39 is 11.9 Å². The third kappa shape index (κ3) is 4.26. The lowest BCUT2D eigenvalue weighted by molar-refractivity contribution is -0.141. The van der Waals surface area contributed by atoms with Crippen molar-refractivity contribution in [3.05, 3.63) is 46.8 Å². The van der Waals surface area contributed by atoms with Crippen LogP contribution in [0.25, 0.3) is 5.69 Å². The van der Waals surface area contributed by atoms with Crippen LogP contribution in [0.1, 0.15) is 46.9 Å². The van der Waals surface area contributed by atoms with Crippen molar-refractivity contribution in [3.8, 4) is 5.69 Å². The highest BCUT2D eigenvalue weighted by Gasteiger charge is 2.20. The Bertz CT molecular complexity index is 780. The van der Waals surface area contributed by atoms with Crippen LogP contribution < -0.4 is 5.32 Å². The number of carbonyl (C=O) groups excluding carboxylic acids is 1. The Morgan fingerprint density at radius 1 is 1.28 bits per heavy atom. The maximum absolute atomic E-state index is 12.4. The summed E-state index contributed by atoms with van der Waals surface area (Å²) in [7, 11) is 0. The van der Waals surface area contributed by atoms with Gasteiger partial charge in [0.2, 0.25) is 0 Å². The van der Waals surface area contributed by atoms with Crippen LogP contribution in [0.3, 0.4) is 0 Å². The van der Waals surface area contributed by atoms with E-state index in [2.05, 4.69) is 10.4 Å². The van der Waals surface area contributed by atoms with Gasteiger partial charge in [-0.25, -0.2) is 4.68 Å². The molecule has 0 fully saturated rings. The van der Waals surface area contributed by atoms with Crippen LogP contribution in [0, 0.1) is 26.7 Å². The quantitative estimate of drug-likeness (QED) is 0.809. The predicted molar refractivity (Wildman–Crippen MR) is 96.1 cm³/mol. The Hall–Kier alpha value is -2.63. The minimum absolute atomic E-state index is 0.121. The fraction of sp³-hybridized carbons (Fsp3) is 0.421. The van der Waals surface area contributed by atoms with E-state index in [4.69, 9.17) is 0 Å². The van der Waals surface area contributed by atoms with Crippen LogP contribution in [0.4, 0.5) is 0 Å². The van der Waals surface area contributed by atoms with Crippen molar-refractivity contribution in [1.29, 1.82) is 0 Å². The summed E-state index contributed by atoms with van der Waals surface area (Å²) in [6.07, 6.45) is 2.83. The van der Waals surface area contributed by atoms with Gasteiger partial charge in [0.15, 0.2) is 0 Å². The first-order valence-electron chi connectivity index (χ1n) is 8.48. The maximum atomic E-state index is 12.4. The first-order chi connectivity index (χ1) is 11.8. The summed E-state index contributed by atoms with van der Waals surface area (Å²) in [5.74, 6) is -1.75. The van der Waals surface area contributed by atoms with Gasteiger partial charge in [0.05, 0.1) is 29.1 Å². The molecule has 6 nitrogen and oxygen atoms in total. The van der Waals surface area contributed by atoms with E-state index in [0.29, 0.717) is 12.0 Å². The van der Waals surface area contributed by atoms with E-state index in [0.717, 1.165) is 28.9 Å². The van der Waals surface area contributed by atoms with Gasteiger partial charge in [-0.2, -0.15) is 5.10 Å². The lowest BCUT2D eigenvalue weighted by atomic mass is 10.0.